The number of benzene rings is 1. The van der Waals surface area contributed by atoms with Gasteiger partial charge < -0.3 is 5.32 Å². The molecule has 0 bridgehead atoms. The molecule has 1 N–H and O–H groups in total. The lowest BCUT2D eigenvalue weighted by Gasteiger charge is -2.32. The van der Waals surface area contributed by atoms with E-state index in [-0.39, 0.29) is 5.91 Å². The first-order valence-electron chi connectivity index (χ1n) is 10.0. The van der Waals surface area contributed by atoms with Gasteiger partial charge >= 0.3 is 0 Å². The Morgan fingerprint density at radius 3 is 2.31 bits per heavy atom. The molecule has 156 valence electrons. The third-order valence-electron chi connectivity index (χ3n) is 5.50. The highest BCUT2D eigenvalue weighted by atomic mass is 16.2. The van der Waals surface area contributed by atoms with Gasteiger partial charge in [0.25, 0.3) is 5.91 Å². The van der Waals surface area contributed by atoms with Crippen molar-refractivity contribution in [1.29, 1.82) is 0 Å². The fraction of sp³-hybridized carbons (Fsp3) is 0.0833. The van der Waals surface area contributed by atoms with Crippen LogP contribution in [0.2, 0.25) is 0 Å². The second-order valence-electron chi connectivity index (χ2n) is 7.32. The number of carbonyl (C=O) groups excluding carboxylic acids is 1. The van der Waals surface area contributed by atoms with Crippen LogP contribution in [0.5, 0.6) is 0 Å². The summed E-state index contributed by atoms with van der Waals surface area (Å²) in [7, 11) is 0. The maximum absolute atomic E-state index is 12.7. The van der Waals surface area contributed by atoms with E-state index in [1.54, 1.807) is 12.4 Å². The van der Waals surface area contributed by atoms with Gasteiger partial charge in [-0.3, -0.25) is 4.79 Å². The Morgan fingerprint density at radius 1 is 1.03 bits per heavy atom. The minimum atomic E-state index is -0.706. The van der Waals surface area contributed by atoms with Gasteiger partial charge in [-0.1, -0.05) is 36.9 Å². The molecule has 5 rings (SSSR count). The second-order valence-corrected chi connectivity index (χ2v) is 7.32. The van der Waals surface area contributed by atoms with E-state index in [2.05, 4.69) is 43.0 Å². The SMILES string of the molecule is C=CC(=O)n1nc(Nc2ccccc2)c2c1CC(c1ccncn1)(c1ccncn1)C=C2. The molecule has 1 aliphatic rings. The van der Waals surface area contributed by atoms with Crippen molar-refractivity contribution in [2.24, 2.45) is 0 Å². The quantitative estimate of drug-likeness (QED) is 0.492. The van der Waals surface area contributed by atoms with Crippen molar-refractivity contribution in [2.45, 2.75) is 11.8 Å². The number of hydrogen-bond donors (Lipinski definition) is 1. The zero-order chi connectivity index (χ0) is 22.0. The smallest absolute Gasteiger partial charge is 0.270 e. The van der Waals surface area contributed by atoms with Crippen molar-refractivity contribution < 1.29 is 4.79 Å². The standard InChI is InChI=1S/C24H19N7O/c1-2-22(32)31-19-14-24(20-9-12-25-15-27-20,21-10-13-26-16-28-21)11-8-18(19)23(30-31)29-17-6-4-3-5-7-17/h2-13,15-16H,1,14H2,(H,29,30). The second kappa shape index (κ2) is 7.99. The van der Waals surface area contributed by atoms with Gasteiger partial charge in [-0.15, -0.1) is 5.10 Å². The average Bonchev–Trinajstić information content (AvgIpc) is 3.22. The van der Waals surface area contributed by atoms with Crippen molar-refractivity contribution in [3.05, 3.63) is 109 Å². The van der Waals surface area contributed by atoms with Crippen LogP contribution in [0.15, 0.2) is 86.2 Å². The minimum Gasteiger partial charge on any atom is -0.338 e. The number of nitrogens with zero attached hydrogens (tertiary/aromatic N) is 6. The molecule has 1 aliphatic carbocycles. The summed E-state index contributed by atoms with van der Waals surface area (Å²) in [5.74, 6) is 0.286. The van der Waals surface area contributed by atoms with Gasteiger partial charge in [0.15, 0.2) is 5.82 Å². The van der Waals surface area contributed by atoms with Crippen molar-refractivity contribution in [3.63, 3.8) is 0 Å². The topological polar surface area (TPSA) is 98.5 Å². The predicted molar refractivity (Wildman–Crippen MR) is 120 cm³/mol. The molecule has 0 aliphatic heterocycles. The summed E-state index contributed by atoms with van der Waals surface area (Å²) in [4.78, 5) is 29.9. The largest absolute Gasteiger partial charge is 0.338 e. The van der Waals surface area contributed by atoms with Gasteiger partial charge in [0.1, 0.15) is 12.7 Å². The number of allylic oxidation sites excluding steroid dienone is 2. The molecule has 8 nitrogen and oxygen atoms in total. The highest BCUT2D eigenvalue weighted by Gasteiger charge is 2.40. The van der Waals surface area contributed by atoms with Crippen molar-refractivity contribution in [1.82, 2.24) is 29.7 Å². The molecule has 0 unspecified atom stereocenters. The van der Waals surface area contributed by atoms with E-state index in [1.165, 1.54) is 23.4 Å². The molecule has 0 fully saturated rings. The number of hydrogen-bond acceptors (Lipinski definition) is 7. The summed E-state index contributed by atoms with van der Waals surface area (Å²) in [5, 5.41) is 7.90. The number of aromatic nitrogens is 6. The van der Waals surface area contributed by atoms with Gasteiger partial charge in [0.2, 0.25) is 0 Å². The van der Waals surface area contributed by atoms with Gasteiger partial charge in [-0.05, 0) is 30.3 Å². The maximum Gasteiger partial charge on any atom is 0.270 e. The van der Waals surface area contributed by atoms with Crippen molar-refractivity contribution >= 4 is 23.5 Å². The Labute approximate surface area is 184 Å². The van der Waals surface area contributed by atoms with E-state index in [0.717, 1.165) is 28.3 Å². The Hall–Kier alpha value is -4.46. The lowest BCUT2D eigenvalue weighted by atomic mass is 9.73. The molecule has 3 aromatic heterocycles. The number of para-hydroxylation sites is 1. The first-order valence-corrected chi connectivity index (χ1v) is 10.0. The number of rotatable bonds is 5. The monoisotopic (exact) mass is 421 g/mol. The third-order valence-corrected chi connectivity index (χ3v) is 5.50. The van der Waals surface area contributed by atoms with Crippen molar-refractivity contribution in [3.8, 4) is 0 Å². The minimum absolute atomic E-state index is 0.308. The van der Waals surface area contributed by atoms with Gasteiger partial charge in [-0.25, -0.2) is 19.9 Å². The van der Waals surface area contributed by atoms with Gasteiger partial charge in [-0.2, -0.15) is 4.68 Å². The van der Waals surface area contributed by atoms with Crippen LogP contribution in [0.3, 0.4) is 0 Å². The first kappa shape index (κ1) is 19.5. The van der Waals surface area contributed by atoms with Gasteiger partial charge in [0.05, 0.1) is 22.5 Å². The van der Waals surface area contributed by atoms with Crippen LogP contribution in [-0.2, 0) is 11.8 Å². The van der Waals surface area contributed by atoms with E-state index in [0.29, 0.717) is 12.2 Å². The van der Waals surface area contributed by atoms with Gasteiger partial charge in [0, 0.05) is 30.1 Å². The highest BCUT2D eigenvalue weighted by molar-refractivity contribution is 5.91. The summed E-state index contributed by atoms with van der Waals surface area (Å²) < 4.78 is 1.40. The lowest BCUT2D eigenvalue weighted by molar-refractivity contribution is 0.0950. The molecule has 0 spiro atoms. The van der Waals surface area contributed by atoms with Crippen LogP contribution >= 0.6 is 0 Å². The molecule has 4 aromatic rings. The fourth-order valence-electron chi connectivity index (χ4n) is 3.97. The van der Waals surface area contributed by atoms with Crippen LogP contribution in [0, 0.1) is 0 Å². The molecule has 3 heterocycles. The molecule has 0 atom stereocenters. The molecular formula is C24H19N7O. The number of anilines is 2. The summed E-state index contributed by atoms with van der Waals surface area (Å²) in [5.41, 5.74) is 3.29. The third kappa shape index (κ3) is 3.27. The Balaban J connectivity index is 1.68. The molecule has 1 aromatic carbocycles. The van der Waals surface area contributed by atoms with Crippen LogP contribution in [0.4, 0.5) is 11.5 Å². The normalized spacial score (nSPS) is 13.9. The summed E-state index contributed by atoms with van der Waals surface area (Å²) in [6, 6.07) is 13.4. The van der Waals surface area contributed by atoms with Crippen LogP contribution in [0.25, 0.3) is 6.08 Å². The zero-order valence-corrected chi connectivity index (χ0v) is 17.1. The summed E-state index contributed by atoms with van der Waals surface area (Å²) >= 11 is 0. The molecular weight excluding hydrogens is 402 g/mol. The van der Waals surface area contributed by atoms with E-state index in [4.69, 9.17) is 0 Å². The van der Waals surface area contributed by atoms with Crippen molar-refractivity contribution in [2.75, 3.05) is 5.32 Å². The lowest BCUT2D eigenvalue weighted by Crippen LogP contribution is -2.34. The Bertz CT molecular complexity index is 1260. The first-order chi connectivity index (χ1) is 15.7. The molecule has 32 heavy (non-hydrogen) atoms. The fourth-order valence-corrected chi connectivity index (χ4v) is 3.97. The van der Waals surface area contributed by atoms with E-state index >= 15 is 0 Å². The maximum atomic E-state index is 12.7. The van der Waals surface area contributed by atoms with E-state index in [9.17, 15) is 4.79 Å². The molecule has 0 saturated carbocycles. The Morgan fingerprint density at radius 2 is 1.72 bits per heavy atom. The molecule has 8 heteroatoms. The van der Waals surface area contributed by atoms with Crippen LogP contribution in [-0.4, -0.2) is 35.6 Å². The van der Waals surface area contributed by atoms with E-state index in [1.807, 2.05) is 48.5 Å². The number of carbonyl (C=O) groups is 1. The molecule has 0 saturated heterocycles. The molecule has 0 radical (unpaired) electrons. The van der Waals surface area contributed by atoms with Crippen LogP contribution in [0.1, 0.15) is 27.4 Å². The molecule has 0 amide bonds. The number of fused-ring (bicyclic) bond motifs is 1. The summed E-state index contributed by atoms with van der Waals surface area (Å²) in [6.45, 7) is 3.64. The zero-order valence-electron chi connectivity index (χ0n) is 17.1. The average molecular weight is 421 g/mol. The van der Waals surface area contributed by atoms with Crippen LogP contribution < -0.4 is 5.32 Å². The highest BCUT2D eigenvalue weighted by Crippen LogP contribution is 2.41. The van der Waals surface area contributed by atoms with E-state index < -0.39 is 5.41 Å². The summed E-state index contributed by atoms with van der Waals surface area (Å²) in [6.07, 6.45) is 12.1. The number of nitrogens with one attached hydrogen (secondary N) is 1. The predicted octanol–water partition coefficient (Wildman–Crippen LogP) is 3.59. The Kier molecular flexibility index (Phi) is 4.87.